The molecule has 1 aromatic heterocycles. The van der Waals surface area contributed by atoms with Crippen molar-refractivity contribution in [3.8, 4) is 5.69 Å². The zero-order valence-electron chi connectivity index (χ0n) is 20.8. The Hall–Kier alpha value is -4.00. The molecule has 0 radical (unpaired) electrons. The molecule has 1 aliphatic heterocycles. The molecule has 39 heavy (non-hydrogen) atoms. The lowest BCUT2D eigenvalue weighted by Crippen LogP contribution is -2.49. The summed E-state index contributed by atoms with van der Waals surface area (Å²) < 4.78 is 29.2. The summed E-state index contributed by atoms with van der Waals surface area (Å²) in [5, 5.41) is 15.9. The van der Waals surface area contributed by atoms with Gasteiger partial charge in [-0.15, -0.1) is 11.8 Å². The molecular weight excluding hydrogens is 538 g/mol. The average Bonchev–Trinajstić information content (AvgIpc) is 2.97. The van der Waals surface area contributed by atoms with Gasteiger partial charge in [0.2, 0.25) is 10.0 Å². The zero-order valence-corrected chi connectivity index (χ0v) is 22.4. The molecule has 12 heteroatoms. The number of hydrogen-bond acceptors (Lipinski definition) is 8. The number of para-hydroxylation sites is 2. The molecule has 0 saturated carbocycles. The van der Waals surface area contributed by atoms with Crippen LogP contribution in [0.2, 0.25) is 0 Å². The Labute approximate surface area is 229 Å². The molecule has 0 unspecified atom stereocenters. The van der Waals surface area contributed by atoms with Gasteiger partial charge in [-0.05, 0) is 23.8 Å². The Morgan fingerprint density at radius 3 is 2.15 bits per heavy atom. The zero-order chi connectivity index (χ0) is 27.4. The smallest absolute Gasteiger partial charge is 0.289 e. The number of sulfonamides is 1. The minimum atomic E-state index is -4.07. The Kier molecular flexibility index (Phi) is 7.77. The maximum atomic E-state index is 13.6. The van der Waals surface area contributed by atoms with E-state index in [0.717, 1.165) is 5.56 Å². The third kappa shape index (κ3) is 5.58. The number of benzene rings is 3. The normalized spacial score (nSPS) is 14.3. The van der Waals surface area contributed by atoms with Crippen LogP contribution in [0.25, 0.3) is 5.69 Å². The highest BCUT2D eigenvalue weighted by Gasteiger charge is 2.34. The molecule has 200 valence electrons. The summed E-state index contributed by atoms with van der Waals surface area (Å²) in [6.07, 6.45) is 1.65. The standard InChI is InChI=1S/C27H25N5O5S2/c33-27-26(38-20-21-9-3-1-4-10-21)24(19-28-31(27)22-11-5-2-6-12-22)29-15-17-30(18-16-29)39(36,37)25-14-8-7-13-23(25)32(34)35/h1-14,19H,15-18,20H2. The van der Waals surface area contributed by atoms with Gasteiger partial charge in [-0.1, -0.05) is 60.7 Å². The molecule has 1 fully saturated rings. The van der Waals surface area contributed by atoms with E-state index >= 15 is 0 Å². The van der Waals surface area contributed by atoms with Crippen LogP contribution in [0.3, 0.4) is 0 Å². The van der Waals surface area contributed by atoms with Gasteiger partial charge >= 0.3 is 0 Å². The number of nitro groups is 1. The SMILES string of the molecule is O=c1c(SCc2ccccc2)c(N2CCN(S(=O)(=O)c3ccccc3[N+](=O)[O-])CC2)cnn1-c1ccccc1. The van der Waals surface area contributed by atoms with E-state index in [0.29, 0.717) is 35.1 Å². The van der Waals surface area contributed by atoms with Crippen LogP contribution in [-0.2, 0) is 15.8 Å². The van der Waals surface area contributed by atoms with E-state index in [-0.39, 0.29) is 23.5 Å². The van der Waals surface area contributed by atoms with E-state index in [9.17, 15) is 23.3 Å². The Morgan fingerprint density at radius 2 is 1.49 bits per heavy atom. The highest BCUT2D eigenvalue weighted by molar-refractivity contribution is 7.98. The predicted molar refractivity (Wildman–Crippen MR) is 150 cm³/mol. The summed E-state index contributed by atoms with van der Waals surface area (Å²) in [7, 11) is -4.07. The third-order valence-corrected chi connectivity index (χ3v) is 9.50. The Morgan fingerprint density at radius 1 is 0.872 bits per heavy atom. The van der Waals surface area contributed by atoms with Crippen LogP contribution >= 0.6 is 11.8 Å². The molecule has 0 N–H and O–H groups in total. The fraction of sp³-hybridized carbons (Fsp3) is 0.185. The molecule has 0 aliphatic carbocycles. The van der Waals surface area contributed by atoms with E-state index < -0.39 is 20.6 Å². The molecular formula is C27H25N5O5S2. The number of aromatic nitrogens is 2. The van der Waals surface area contributed by atoms with Crippen LogP contribution in [0, 0.1) is 10.1 Å². The quantitative estimate of drug-likeness (QED) is 0.180. The van der Waals surface area contributed by atoms with Gasteiger partial charge in [-0.2, -0.15) is 14.1 Å². The van der Waals surface area contributed by atoms with Crippen LogP contribution in [0.15, 0.2) is 106 Å². The van der Waals surface area contributed by atoms with Gasteiger partial charge in [-0.3, -0.25) is 14.9 Å². The second-order valence-corrected chi connectivity index (χ2v) is 11.7. The fourth-order valence-electron chi connectivity index (χ4n) is 4.41. The molecule has 0 atom stereocenters. The predicted octanol–water partition coefficient (Wildman–Crippen LogP) is 3.94. The molecule has 1 saturated heterocycles. The topological polar surface area (TPSA) is 119 Å². The maximum absolute atomic E-state index is 13.6. The largest absolute Gasteiger partial charge is 0.367 e. The third-order valence-electron chi connectivity index (χ3n) is 6.40. The number of piperazine rings is 1. The molecule has 5 rings (SSSR count). The van der Waals surface area contributed by atoms with Gasteiger partial charge in [0.15, 0.2) is 4.90 Å². The first kappa shape index (κ1) is 26.6. The Balaban J connectivity index is 1.42. The van der Waals surface area contributed by atoms with E-state index in [4.69, 9.17) is 0 Å². The molecule has 2 heterocycles. The van der Waals surface area contributed by atoms with Crippen molar-refractivity contribution >= 4 is 33.2 Å². The Bertz CT molecular complexity index is 1640. The summed E-state index contributed by atoms with van der Waals surface area (Å²) in [5.74, 6) is 0.577. The number of nitro benzene ring substituents is 1. The van der Waals surface area contributed by atoms with Gasteiger partial charge in [0, 0.05) is 38.0 Å². The summed E-state index contributed by atoms with van der Waals surface area (Å²) in [5.41, 5.74) is 1.64. The lowest BCUT2D eigenvalue weighted by molar-refractivity contribution is -0.387. The van der Waals surface area contributed by atoms with Crippen molar-refractivity contribution in [1.82, 2.24) is 14.1 Å². The number of nitrogens with zero attached hydrogens (tertiary/aromatic N) is 5. The van der Waals surface area contributed by atoms with Gasteiger partial charge in [-0.25, -0.2) is 8.42 Å². The highest BCUT2D eigenvalue weighted by Crippen LogP contribution is 2.32. The molecule has 10 nitrogen and oxygen atoms in total. The number of hydrogen-bond donors (Lipinski definition) is 0. The second kappa shape index (κ2) is 11.4. The number of anilines is 1. The molecule has 0 amide bonds. The van der Waals surface area contributed by atoms with E-state index in [1.807, 2.05) is 65.6 Å². The van der Waals surface area contributed by atoms with Gasteiger partial charge < -0.3 is 4.90 Å². The van der Waals surface area contributed by atoms with Crippen molar-refractivity contribution in [1.29, 1.82) is 0 Å². The van der Waals surface area contributed by atoms with E-state index in [1.165, 1.54) is 45.0 Å². The summed E-state index contributed by atoms with van der Waals surface area (Å²) >= 11 is 1.42. The van der Waals surface area contributed by atoms with Crippen molar-refractivity contribution < 1.29 is 13.3 Å². The lowest BCUT2D eigenvalue weighted by atomic mass is 10.2. The van der Waals surface area contributed by atoms with E-state index in [2.05, 4.69) is 5.10 Å². The molecule has 4 aromatic rings. The number of thioether (sulfide) groups is 1. The fourth-order valence-corrected chi connectivity index (χ4v) is 7.03. The molecule has 0 spiro atoms. The van der Waals surface area contributed by atoms with Crippen molar-refractivity contribution in [3.05, 3.63) is 117 Å². The highest BCUT2D eigenvalue weighted by atomic mass is 32.2. The molecule has 0 bridgehead atoms. The molecule has 3 aromatic carbocycles. The minimum Gasteiger partial charge on any atom is -0.367 e. The number of rotatable bonds is 8. The summed E-state index contributed by atoms with van der Waals surface area (Å²) in [6, 6.07) is 24.3. The van der Waals surface area contributed by atoms with E-state index in [1.54, 1.807) is 6.20 Å². The van der Waals surface area contributed by atoms with Crippen molar-refractivity contribution in [2.45, 2.75) is 15.5 Å². The first-order valence-corrected chi connectivity index (χ1v) is 14.6. The van der Waals surface area contributed by atoms with Gasteiger partial charge in [0.05, 0.1) is 22.5 Å². The first-order chi connectivity index (χ1) is 18.9. The lowest BCUT2D eigenvalue weighted by Gasteiger charge is -2.35. The summed E-state index contributed by atoms with van der Waals surface area (Å²) in [6.45, 7) is 0.822. The first-order valence-electron chi connectivity index (χ1n) is 12.2. The van der Waals surface area contributed by atoms with Crippen LogP contribution in [0.1, 0.15) is 5.56 Å². The van der Waals surface area contributed by atoms with Crippen LogP contribution in [0.5, 0.6) is 0 Å². The van der Waals surface area contributed by atoms with Gasteiger partial charge in [0.1, 0.15) is 4.90 Å². The van der Waals surface area contributed by atoms with Crippen LogP contribution in [-0.4, -0.2) is 53.6 Å². The maximum Gasteiger partial charge on any atom is 0.289 e. The van der Waals surface area contributed by atoms with Crippen LogP contribution < -0.4 is 10.5 Å². The molecule has 1 aliphatic rings. The van der Waals surface area contributed by atoms with Crippen molar-refractivity contribution in [3.63, 3.8) is 0 Å². The summed E-state index contributed by atoms with van der Waals surface area (Å²) in [4.78, 5) is 26.5. The van der Waals surface area contributed by atoms with Gasteiger partial charge in [0.25, 0.3) is 11.2 Å². The second-order valence-electron chi connectivity index (χ2n) is 8.80. The minimum absolute atomic E-state index is 0.110. The average molecular weight is 564 g/mol. The van der Waals surface area contributed by atoms with Crippen molar-refractivity contribution in [2.75, 3.05) is 31.1 Å². The van der Waals surface area contributed by atoms with Crippen LogP contribution in [0.4, 0.5) is 11.4 Å². The monoisotopic (exact) mass is 563 g/mol. The van der Waals surface area contributed by atoms with Crippen molar-refractivity contribution in [2.24, 2.45) is 0 Å².